The van der Waals surface area contributed by atoms with E-state index in [0.717, 1.165) is 17.0 Å². The van der Waals surface area contributed by atoms with E-state index in [9.17, 15) is 0 Å². The molecule has 0 aliphatic carbocycles. The molecule has 0 spiro atoms. The standard InChI is InChI=1S/C11H13N5S/c1-6-4-5-8(7(2)13-6)9-14-10(12)16-11(15-9)17-3/h4-5H,1-3H3,(H2,12,14,15,16). The number of nitrogens with zero attached hydrogens (tertiary/aromatic N) is 4. The summed E-state index contributed by atoms with van der Waals surface area (Å²) in [6.07, 6.45) is 1.90. The van der Waals surface area contributed by atoms with Crippen molar-refractivity contribution in [1.29, 1.82) is 0 Å². The summed E-state index contributed by atoms with van der Waals surface area (Å²) in [6, 6.07) is 3.89. The first-order valence-corrected chi connectivity index (χ1v) is 6.33. The van der Waals surface area contributed by atoms with E-state index in [-0.39, 0.29) is 5.95 Å². The van der Waals surface area contributed by atoms with Crippen LogP contribution in [0.5, 0.6) is 0 Å². The molecule has 0 atom stereocenters. The molecule has 0 unspecified atom stereocenters. The number of nitrogen functional groups attached to an aromatic ring is 1. The largest absolute Gasteiger partial charge is 0.368 e. The normalized spacial score (nSPS) is 10.5. The Labute approximate surface area is 104 Å². The zero-order chi connectivity index (χ0) is 12.4. The Morgan fingerprint density at radius 1 is 1.06 bits per heavy atom. The zero-order valence-electron chi connectivity index (χ0n) is 9.93. The topological polar surface area (TPSA) is 77.6 Å². The molecule has 0 bridgehead atoms. The Morgan fingerprint density at radius 2 is 1.82 bits per heavy atom. The highest BCUT2D eigenvalue weighted by molar-refractivity contribution is 7.98. The third kappa shape index (κ3) is 2.52. The van der Waals surface area contributed by atoms with Crippen molar-refractivity contribution in [3.63, 3.8) is 0 Å². The lowest BCUT2D eigenvalue weighted by molar-refractivity contribution is 0.923. The van der Waals surface area contributed by atoms with Crippen molar-refractivity contribution < 1.29 is 0 Å². The van der Waals surface area contributed by atoms with Crippen LogP contribution in [0.4, 0.5) is 5.95 Å². The van der Waals surface area contributed by atoms with Crippen LogP contribution in [-0.2, 0) is 0 Å². The second-order valence-electron chi connectivity index (χ2n) is 3.59. The smallest absolute Gasteiger partial charge is 0.224 e. The van der Waals surface area contributed by atoms with E-state index in [2.05, 4.69) is 19.9 Å². The number of aromatic nitrogens is 4. The minimum Gasteiger partial charge on any atom is -0.368 e. The van der Waals surface area contributed by atoms with Gasteiger partial charge in [0, 0.05) is 17.0 Å². The van der Waals surface area contributed by atoms with Gasteiger partial charge < -0.3 is 5.73 Å². The maximum absolute atomic E-state index is 5.66. The van der Waals surface area contributed by atoms with Crippen molar-refractivity contribution in [2.75, 3.05) is 12.0 Å². The first kappa shape index (κ1) is 11.8. The molecule has 5 nitrogen and oxygen atoms in total. The SMILES string of the molecule is CSc1nc(N)nc(-c2ccc(C)nc2C)n1. The lowest BCUT2D eigenvalue weighted by atomic mass is 10.2. The minimum atomic E-state index is 0.235. The van der Waals surface area contributed by atoms with Crippen LogP contribution in [0, 0.1) is 13.8 Å². The summed E-state index contributed by atoms with van der Waals surface area (Å²) in [5, 5.41) is 0.618. The molecule has 0 amide bonds. The summed E-state index contributed by atoms with van der Waals surface area (Å²) in [5.41, 5.74) is 8.41. The molecule has 17 heavy (non-hydrogen) atoms. The predicted octanol–water partition coefficient (Wildman–Crippen LogP) is 1.85. The molecule has 2 N–H and O–H groups in total. The second kappa shape index (κ2) is 4.67. The molecule has 0 radical (unpaired) electrons. The third-order valence-electron chi connectivity index (χ3n) is 2.28. The highest BCUT2D eigenvalue weighted by Gasteiger charge is 2.09. The molecule has 2 aromatic heterocycles. The van der Waals surface area contributed by atoms with E-state index >= 15 is 0 Å². The van der Waals surface area contributed by atoms with Gasteiger partial charge in [-0.1, -0.05) is 11.8 Å². The Bertz CT molecular complexity index is 556. The van der Waals surface area contributed by atoms with E-state index in [1.807, 2.05) is 32.2 Å². The summed E-state index contributed by atoms with van der Waals surface area (Å²) < 4.78 is 0. The van der Waals surface area contributed by atoms with E-state index in [1.54, 1.807) is 0 Å². The molecule has 2 rings (SSSR count). The first-order valence-electron chi connectivity index (χ1n) is 5.10. The molecule has 2 heterocycles. The quantitative estimate of drug-likeness (QED) is 0.816. The number of anilines is 1. The molecule has 2 aromatic rings. The Hall–Kier alpha value is -1.69. The molecule has 0 aliphatic rings. The number of hydrogen-bond acceptors (Lipinski definition) is 6. The fourth-order valence-electron chi connectivity index (χ4n) is 1.51. The zero-order valence-corrected chi connectivity index (χ0v) is 10.7. The molecule has 0 saturated heterocycles. The average molecular weight is 247 g/mol. The van der Waals surface area contributed by atoms with Crippen molar-refractivity contribution >= 4 is 17.7 Å². The molecular formula is C11H13N5S. The number of pyridine rings is 1. The lowest BCUT2D eigenvalue weighted by Gasteiger charge is -2.06. The fourth-order valence-corrected chi connectivity index (χ4v) is 1.87. The monoisotopic (exact) mass is 247 g/mol. The van der Waals surface area contributed by atoms with Crippen molar-refractivity contribution in [2.24, 2.45) is 0 Å². The number of aryl methyl sites for hydroxylation is 2. The molecule has 0 saturated carbocycles. The maximum Gasteiger partial charge on any atom is 0.224 e. The molecule has 0 aromatic carbocycles. The van der Waals surface area contributed by atoms with Crippen LogP contribution < -0.4 is 5.73 Å². The van der Waals surface area contributed by atoms with Crippen LogP contribution >= 0.6 is 11.8 Å². The van der Waals surface area contributed by atoms with Crippen molar-refractivity contribution in [1.82, 2.24) is 19.9 Å². The lowest BCUT2D eigenvalue weighted by Crippen LogP contribution is -2.02. The average Bonchev–Trinajstić information content (AvgIpc) is 2.28. The Morgan fingerprint density at radius 3 is 2.47 bits per heavy atom. The summed E-state index contributed by atoms with van der Waals surface area (Å²) in [6.45, 7) is 3.88. The number of thioether (sulfide) groups is 1. The summed E-state index contributed by atoms with van der Waals surface area (Å²) in [5.74, 6) is 0.811. The van der Waals surface area contributed by atoms with Crippen molar-refractivity contribution in [3.8, 4) is 11.4 Å². The van der Waals surface area contributed by atoms with Crippen LogP contribution in [0.25, 0.3) is 11.4 Å². The third-order valence-corrected chi connectivity index (χ3v) is 2.83. The molecule has 0 aliphatic heterocycles. The number of hydrogen-bond donors (Lipinski definition) is 1. The summed E-state index contributed by atoms with van der Waals surface area (Å²) in [4.78, 5) is 16.9. The predicted molar refractivity (Wildman–Crippen MR) is 68.7 cm³/mol. The minimum absolute atomic E-state index is 0.235. The van der Waals surface area contributed by atoms with E-state index in [4.69, 9.17) is 5.73 Å². The molecular weight excluding hydrogens is 234 g/mol. The highest BCUT2D eigenvalue weighted by atomic mass is 32.2. The van der Waals surface area contributed by atoms with Gasteiger partial charge in [-0.05, 0) is 32.2 Å². The molecule has 88 valence electrons. The fraction of sp³-hybridized carbons (Fsp3) is 0.273. The van der Waals surface area contributed by atoms with Gasteiger partial charge in [-0.25, -0.2) is 4.98 Å². The number of nitrogens with two attached hydrogens (primary N) is 1. The van der Waals surface area contributed by atoms with Gasteiger partial charge in [0.1, 0.15) is 0 Å². The van der Waals surface area contributed by atoms with Crippen molar-refractivity contribution in [3.05, 3.63) is 23.5 Å². The van der Waals surface area contributed by atoms with Gasteiger partial charge in [0.25, 0.3) is 0 Å². The van der Waals surface area contributed by atoms with Gasteiger partial charge in [-0.3, -0.25) is 4.98 Å². The first-order chi connectivity index (χ1) is 8.10. The van der Waals surface area contributed by atoms with Crippen molar-refractivity contribution in [2.45, 2.75) is 19.0 Å². The van der Waals surface area contributed by atoms with Gasteiger partial charge in [0.05, 0.1) is 0 Å². The van der Waals surface area contributed by atoms with Crippen LogP contribution in [-0.4, -0.2) is 26.2 Å². The molecule has 6 heteroatoms. The van der Waals surface area contributed by atoms with E-state index in [1.165, 1.54) is 11.8 Å². The van der Waals surface area contributed by atoms with Gasteiger partial charge in [0.2, 0.25) is 5.95 Å². The van der Waals surface area contributed by atoms with Gasteiger partial charge in [-0.15, -0.1) is 0 Å². The highest BCUT2D eigenvalue weighted by Crippen LogP contribution is 2.21. The Balaban J connectivity index is 2.55. The second-order valence-corrected chi connectivity index (χ2v) is 4.36. The van der Waals surface area contributed by atoms with Crippen LogP contribution in [0.2, 0.25) is 0 Å². The van der Waals surface area contributed by atoms with Gasteiger partial charge in [0.15, 0.2) is 11.0 Å². The van der Waals surface area contributed by atoms with E-state index < -0.39 is 0 Å². The maximum atomic E-state index is 5.66. The van der Waals surface area contributed by atoms with Gasteiger partial charge >= 0.3 is 0 Å². The summed E-state index contributed by atoms with van der Waals surface area (Å²) in [7, 11) is 0. The number of rotatable bonds is 2. The molecule has 0 fully saturated rings. The summed E-state index contributed by atoms with van der Waals surface area (Å²) >= 11 is 1.44. The Kier molecular flexibility index (Phi) is 3.23. The van der Waals surface area contributed by atoms with Gasteiger partial charge in [-0.2, -0.15) is 9.97 Å². The van der Waals surface area contributed by atoms with Crippen LogP contribution in [0.3, 0.4) is 0 Å². The van der Waals surface area contributed by atoms with E-state index in [0.29, 0.717) is 11.0 Å². The van der Waals surface area contributed by atoms with Crippen LogP contribution in [0.1, 0.15) is 11.4 Å². The van der Waals surface area contributed by atoms with Crippen LogP contribution in [0.15, 0.2) is 17.3 Å².